The number of carbonyl (C=O) groups excluding carboxylic acids is 2. The van der Waals surface area contributed by atoms with Gasteiger partial charge in [0.05, 0.1) is 0 Å². The lowest BCUT2D eigenvalue weighted by atomic mass is 10.1. The molecule has 7 heteroatoms. The van der Waals surface area contributed by atoms with Gasteiger partial charge < -0.3 is 15.5 Å². The van der Waals surface area contributed by atoms with Crippen LogP contribution in [-0.2, 0) is 0 Å². The van der Waals surface area contributed by atoms with E-state index in [4.69, 9.17) is 11.6 Å². The average molecular weight is 426 g/mol. The van der Waals surface area contributed by atoms with Crippen LogP contribution in [0.5, 0.6) is 0 Å². The molecule has 0 aliphatic heterocycles. The molecule has 0 saturated carbocycles. The average Bonchev–Trinajstić information content (AvgIpc) is 2.76. The Bertz CT molecular complexity index is 980. The van der Waals surface area contributed by atoms with Gasteiger partial charge in [0, 0.05) is 35.1 Å². The number of benzene rings is 3. The Balaban J connectivity index is 1.57. The Morgan fingerprint density at radius 1 is 0.900 bits per heavy atom. The molecule has 3 rings (SSSR count). The van der Waals surface area contributed by atoms with E-state index in [1.165, 1.54) is 24.3 Å². The summed E-state index contributed by atoms with van der Waals surface area (Å²) >= 11 is 5.83. The molecule has 0 aliphatic rings. The highest BCUT2D eigenvalue weighted by Crippen LogP contribution is 2.18. The first-order chi connectivity index (χ1) is 14.5. The Hall–Kier alpha value is -3.38. The van der Waals surface area contributed by atoms with Crippen molar-refractivity contribution in [3.8, 4) is 0 Å². The van der Waals surface area contributed by atoms with Crippen molar-refractivity contribution in [1.29, 1.82) is 0 Å². The van der Waals surface area contributed by atoms with Crippen molar-refractivity contribution in [3.63, 3.8) is 0 Å². The number of urea groups is 1. The SMILES string of the molecule is O=C(NCCCN(C(=O)c1ccc(F)cc1)c1ccccc1)Nc1ccc(Cl)cc1. The monoisotopic (exact) mass is 425 g/mol. The summed E-state index contributed by atoms with van der Waals surface area (Å²) in [5.74, 6) is -0.625. The minimum atomic E-state index is -0.395. The molecule has 0 spiro atoms. The molecular formula is C23H21ClFN3O2. The van der Waals surface area contributed by atoms with Crippen LogP contribution in [0.25, 0.3) is 0 Å². The van der Waals surface area contributed by atoms with Crippen molar-refractivity contribution < 1.29 is 14.0 Å². The minimum absolute atomic E-state index is 0.230. The number of hydrogen-bond acceptors (Lipinski definition) is 2. The minimum Gasteiger partial charge on any atom is -0.338 e. The molecule has 0 bridgehead atoms. The van der Waals surface area contributed by atoms with Crippen molar-refractivity contribution in [2.24, 2.45) is 0 Å². The lowest BCUT2D eigenvalue weighted by Gasteiger charge is -2.23. The third-order valence-corrected chi connectivity index (χ3v) is 4.60. The molecule has 0 heterocycles. The summed E-state index contributed by atoms with van der Waals surface area (Å²) in [7, 11) is 0. The van der Waals surface area contributed by atoms with Crippen LogP contribution in [0.3, 0.4) is 0 Å². The molecule has 0 aromatic heterocycles. The number of nitrogens with one attached hydrogen (secondary N) is 2. The molecule has 0 fully saturated rings. The molecule has 3 aromatic rings. The van der Waals surface area contributed by atoms with Crippen molar-refractivity contribution in [2.75, 3.05) is 23.3 Å². The maximum Gasteiger partial charge on any atom is 0.319 e. The van der Waals surface area contributed by atoms with Crippen molar-refractivity contribution in [3.05, 3.63) is 95.3 Å². The molecule has 2 N–H and O–H groups in total. The topological polar surface area (TPSA) is 61.4 Å². The predicted molar refractivity (Wildman–Crippen MR) is 118 cm³/mol. The smallest absolute Gasteiger partial charge is 0.319 e. The zero-order chi connectivity index (χ0) is 21.3. The van der Waals surface area contributed by atoms with Gasteiger partial charge in [0.15, 0.2) is 0 Å². The second kappa shape index (κ2) is 10.4. The summed E-state index contributed by atoms with van der Waals surface area (Å²) in [6.45, 7) is 0.765. The molecule has 0 radical (unpaired) electrons. The normalized spacial score (nSPS) is 10.3. The van der Waals surface area contributed by atoms with Crippen LogP contribution in [0, 0.1) is 5.82 Å². The first-order valence-corrected chi connectivity index (χ1v) is 9.83. The second-order valence-electron chi connectivity index (χ2n) is 6.54. The predicted octanol–water partition coefficient (Wildman–Crippen LogP) is 5.34. The highest BCUT2D eigenvalue weighted by Gasteiger charge is 2.17. The van der Waals surface area contributed by atoms with E-state index in [1.54, 1.807) is 29.2 Å². The van der Waals surface area contributed by atoms with E-state index in [9.17, 15) is 14.0 Å². The van der Waals surface area contributed by atoms with Gasteiger partial charge in [-0.2, -0.15) is 0 Å². The van der Waals surface area contributed by atoms with Gasteiger partial charge in [0.2, 0.25) is 0 Å². The van der Waals surface area contributed by atoms with Crippen LogP contribution in [0.1, 0.15) is 16.8 Å². The second-order valence-corrected chi connectivity index (χ2v) is 6.98. The molecular weight excluding hydrogens is 405 g/mol. The van der Waals surface area contributed by atoms with Gasteiger partial charge in [-0.1, -0.05) is 29.8 Å². The Morgan fingerprint density at radius 2 is 1.57 bits per heavy atom. The number of rotatable bonds is 7. The van der Waals surface area contributed by atoms with Crippen molar-refractivity contribution in [2.45, 2.75) is 6.42 Å². The molecule has 154 valence electrons. The van der Waals surface area contributed by atoms with Crippen molar-refractivity contribution >= 4 is 34.9 Å². The Morgan fingerprint density at radius 3 is 2.23 bits per heavy atom. The van der Waals surface area contributed by atoms with Crippen molar-refractivity contribution in [1.82, 2.24) is 5.32 Å². The first kappa shape index (κ1) is 21.3. The number of para-hydroxylation sites is 1. The number of amides is 3. The van der Waals surface area contributed by atoms with E-state index >= 15 is 0 Å². The number of hydrogen-bond donors (Lipinski definition) is 2. The number of carbonyl (C=O) groups is 2. The summed E-state index contributed by atoms with van der Waals surface area (Å²) in [5.41, 5.74) is 1.76. The third kappa shape index (κ3) is 6.06. The highest BCUT2D eigenvalue weighted by molar-refractivity contribution is 6.30. The quantitative estimate of drug-likeness (QED) is 0.502. The van der Waals surface area contributed by atoms with Gasteiger partial charge in [-0.05, 0) is 67.1 Å². The Labute approximate surface area is 179 Å². The molecule has 30 heavy (non-hydrogen) atoms. The van der Waals surface area contributed by atoms with Gasteiger partial charge in [-0.25, -0.2) is 9.18 Å². The first-order valence-electron chi connectivity index (χ1n) is 9.46. The van der Waals surface area contributed by atoms with Gasteiger partial charge in [-0.3, -0.25) is 4.79 Å². The fraction of sp³-hybridized carbons (Fsp3) is 0.130. The van der Waals surface area contributed by atoms with E-state index < -0.39 is 5.82 Å². The largest absolute Gasteiger partial charge is 0.338 e. The standard InChI is InChI=1S/C23H21ClFN3O2/c24-18-9-13-20(14-10-18)27-23(30)26-15-4-16-28(21-5-2-1-3-6-21)22(29)17-7-11-19(25)12-8-17/h1-3,5-14H,4,15-16H2,(H2,26,27,30). The zero-order valence-corrected chi connectivity index (χ0v) is 16.9. The van der Waals surface area contributed by atoms with Gasteiger partial charge >= 0.3 is 6.03 Å². The van der Waals surface area contributed by atoms with E-state index in [0.717, 1.165) is 5.69 Å². The summed E-state index contributed by atoms with van der Waals surface area (Å²) < 4.78 is 13.2. The van der Waals surface area contributed by atoms with Crippen LogP contribution in [-0.4, -0.2) is 25.0 Å². The van der Waals surface area contributed by atoms with E-state index in [1.807, 2.05) is 30.3 Å². The summed E-state index contributed by atoms with van der Waals surface area (Å²) in [5, 5.41) is 6.08. The van der Waals surface area contributed by atoms with Crippen LogP contribution >= 0.6 is 11.6 Å². The van der Waals surface area contributed by atoms with Gasteiger partial charge in [0.25, 0.3) is 5.91 Å². The number of halogens is 2. The number of anilines is 2. The highest BCUT2D eigenvalue weighted by atomic mass is 35.5. The fourth-order valence-electron chi connectivity index (χ4n) is 2.85. The number of nitrogens with zero attached hydrogens (tertiary/aromatic N) is 1. The molecule has 0 atom stereocenters. The molecule has 3 amide bonds. The van der Waals surface area contributed by atoms with E-state index in [0.29, 0.717) is 35.8 Å². The Kier molecular flexibility index (Phi) is 7.40. The lowest BCUT2D eigenvalue weighted by Crippen LogP contribution is -2.35. The van der Waals surface area contributed by atoms with Gasteiger partial charge in [-0.15, -0.1) is 0 Å². The maximum atomic E-state index is 13.2. The summed E-state index contributed by atoms with van der Waals surface area (Å²) in [6.07, 6.45) is 0.538. The van der Waals surface area contributed by atoms with Gasteiger partial charge in [0.1, 0.15) is 5.82 Å². The van der Waals surface area contributed by atoms with Crippen LogP contribution in [0.15, 0.2) is 78.9 Å². The van der Waals surface area contributed by atoms with E-state index in [-0.39, 0.29) is 11.9 Å². The molecule has 0 unspecified atom stereocenters. The zero-order valence-electron chi connectivity index (χ0n) is 16.1. The lowest BCUT2D eigenvalue weighted by molar-refractivity contribution is 0.0986. The summed E-state index contributed by atoms with van der Waals surface area (Å²) in [4.78, 5) is 26.6. The molecule has 0 saturated heterocycles. The molecule has 0 aliphatic carbocycles. The maximum absolute atomic E-state index is 13.2. The molecule has 3 aromatic carbocycles. The summed E-state index contributed by atoms with van der Waals surface area (Å²) in [6, 6.07) is 21.1. The van der Waals surface area contributed by atoms with Crippen LogP contribution < -0.4 is 15.5 Å². The third-order valence-electron chi connectivity index (χ3n) is 4.35. The van der Waals surface area contributed by atoms with Crippen LogP contribution in [0.4, 0.5) is 20.6 Å². The molecule has 5 nitrogen and oxygen atoms in total. The van der Waals surface area contributed by atoms with E-state index in [2.05, 4.69) is 10.6 Å². The fourth-order valence-corrected chi connectivity index (χ4v) is 2.98. The van der Waals surface area contributed by atoms with Crippen LogP contribution in [0.2, 0.25) is 5.02 Å².